The fourth-order valence-corrected chi connectivity index (χ4v) is 2.14. The number of carbonyl (C=O) groups is 1. The molecule has 0 saturated carbocycles. The van der Waals surface area contributed by atoms with Gasteiger partial charge in [0.2, 0.25) is 0 Å². The van der Waals surface area contributed by atoms with E-state index in [1.807, 2.05) is 13.8 Å². The van der Waals surface area contributed by atoms with Gasteiger partial charge in [0.05, 0.1) is 12.2 Å². The highest BCUT2D eigenvalue weighted by atomic mass is 16.5. The first-order valence-electron chi connectivity index (χ1n) is 6.72. The molecule has 0 bridgehead atoms. The Hall–Kier alpha value is -0.990. The van der Waals surface area contributed by atoms with Crippen LogP contribution in [0.15, 0.2) is 11.3 Å². The van der Waals surface area contributed by atoms with Crippen LogP contribution in [-0.4, -0.2) is 18.7 Å². The van der Waals surface area contributed by atoms with Crippen LogP contribution in [0.1, 0.15) is 59.3 Å². The van der Waals surface area contributed by atoms with Gasteiger partial charge in [-0.25, -0.2) is 4.79 Å². The topological polar surface area (TPSA) is 35.5 Å². The van der Waals surface area contributed by atoms with Gasteiger partial charge in [0.15, 0.2) is 0 Å². The van der Waals surface area contributed by atoms with Gasteiger partial charge in [-0.05, 0) is 26.7 Å². The number of esters is 1. The van der Waals surface area contributed by atoms with Crippen molar-refractivity contribution < 1.29 is 14.3 Å². The van der Waals surface area contributed by atoms with E-state index in [-0.39, 0.29) is 12.1 Å². The van der Waals surface area contributed by atoms with Crippen molar-refractivity contribution >= 4 is 5.97 Å². The fraction of sp³-hybridized carbons (Fsp3) is 0.786. The molecular weight excluding hydrogens is 216 g/mol. The van der Waals surface area contributed by atoms with E-state index in [0.717, 1.165) is 24.2 Å². The Morgan fingerprint density at radius 2 is 2.12 bits per heavy atom. The van der Waals surface area contributed by atoms with Gasteiger partial charge in [-0.15, -0.1) is 0 Å². The normalized spacial score (nSPS) is 19.4. The van der Waals surface area contributed by atoms with Gasteiger partial charge in [-0.2, -0.15) is 0 Å². The Morgan fingerprint density at radius 1 is 1.35 bits per heavy atom. The van der Waals surface area contributed by atoms with Gasteiger partial charge in [0.1, 0.15) is 11.9 Å². The van der Waals surface area contributed by atoms with E-state index < -0.39 is 0 Å². The summed E-state index contributed by atoms with van der Waals surface area (Å²) in [7, 11) is 0. The minimum absolute atomic E-state index is 0.186. The molecule has 0 aromatic carbocycles. The molecule has 0 amide bonds. The lowest BCUT2D eigenvalue weighted by atomic mass is 10.0. The first kappa shape index (κ1) is 14.1. The number of rotatable bonds is 7. The molecule has 3 heteroatoms. The zero-order chi connectivity index (χ0) is 12.7. The van der Waals surface area contributed by atoms with Crippen molar-refractivity contribution in [1.29, 1.82) is 0 Å². The Kier molecular flexibility index (Phi) is 6.09. The minimum Gasteiger partial charge on any atom is -0.494 e. The SMILES string of the molecule is CCCCCCC1CC(C(=O)OCC)=C(C)O1. The maximum atomic E-state index is 11.6. The standard InChI is InChI=1S/C14H24O3/c1-4-6-7-8-9-12-10-13(11(3)17-12)14(15)16-5-2/h12H,4-10H2,1-3H3. The number of hydrogen-bond donors (Lipinski definition) is 0. The van der Waals surface area contributed by atoms with Gasteiger partial charge in [0, 0.05) is 6.42 Å². The van der Waals surface area contributed by atoms with Crippen LogP contribution in [0.2, 0.25) is 0 Å². The van der Waals surface area contributed by atoms with Crippen LogP contribution in [0.4, 0.5) is 0 Å². The summed E-state index contributed by atoms with van der Waals surface area (Å²) in [4.78, 5) is 11.6. The molecular formula is C14H24O3. The van der Waals surface area contributed by atoms with Crippen LogP contribution in [-0.2, 0) is 14.3 Å². The van der Waals surface area contributed by atoms with Crippen molar-refractivity contribution in [3.63, 3.8) is 0 Å². The summed E-state index contributed by atoms with van der Waals surface area (Å²) >= 11 is 0. The Bertz CT molecular complexity index is 281. The second-order valence-electron chi connectivity index (χ2n) is 4.55. The molecule has 1 aliphatic heterocycles. The van der Waals surface area contributed by atoms with Crippen molar-refractivity contribution in [2.45, 2.75) is 65.4 Å². The Morgan fingerprint density at radius 3 is 2.76 bits per heavy atom. The fourth-order valence-electron chi connectivity index (χ4n) is 2.14. The van der Waals surface area contributed by atoms with E-state index in [4.69, 9.17) is 9.47 Å². The molecule has 3 nitrogen and oxygen atoms in total. The lowest BCUT2D eigenvalue weighted by Gasteiger charge is -2.10. The summed E-state index contributed by atoms with van der Waals surface area (Å²) < 4.78 is 10.7. The average molecular weight is 240 g/mol. The first-order valence-corrected chi connectivity index (χ1v) is 6.72. The molecule has 0 aromatic heterocycles. The molecule has 0 N–H and O–H groups in total. The summed E-state index contributed by atoms with van der Waals surface area (Å²) in [5.41, 5.74) is 0.729. The first-order chi connectivity index (χ1) is 8.19. The summed E-state index contributed by atoms with van der Waals surface area (Å²) in [5.74, 6) is 0.546. The van der Waals surface area contributed by atoms with E-state index in [9.17, 15) is 4.79 Å². The van der Waals surface area contributed by atoms with E-state index in [1.165, 1.54) is 25.7 Å². The molecule has 0 fully saturated rings. The number of allylic oxidation sites excluding steroid dienone is 1. The largest absolute Gasteiger partial charge is 0.494 e. The maximum Gasteiger partial charge on any atom is 0.337 e. The molecule has 1 atom stereocenters. The van der Waals surface area contributed by atoms with Crippen LogP contribution >= 0.6 is 0 Å². The molecule has 0 aromatic rings. The molecule has 1 aliphatic rings. The molecule has 17 heavy (non-hydrogen) atoms. The highest BCUT2D eigenvalue weighted by molar-refractivity contribution is 5.89. The number of hydrogen-bond acceptors (Lipinski definition) is 3. The predicted molar refractivity (Wildman–Crippen MR) is 67.6 cm³/mol. The third kappa shape index (κ3) is 4.41. The van der Waals surface area contributed by atoms with Crippen LogP contribution in [0, 0.1) is 0 Å². The van der Waals surface area contributed by atoms with Crippen molar-refractivity contribution in [3.8, 4) is 0 Å². The van der Waals surface area contributed by atoms with Crippen molar-refractivity contribution in [3.05, 3.63) is 11.3 Å². The predicted octanol–water partition coefficient (Wildman–Crippen LogP) is 3.58. The van der Waals surface area contributed by atoms with Crippen LogP contribution in [0.5, 0.6) is 0 Å². The molecule has 1 heterocycles. The molecule has 1 unspecified atom stereocenters. The number of carbonyl (C=O) groups excluding carboxylic acids is 1. The zero-order valence-electron chi connectivity index (χ0n) is 11.3. The lowest BCUT2D eigenvalue weighted by Crippen LogP contribution is -2.10. The van der Waals surface area contributed by atoms with Crippen LogP contribution in [0.25, 0.3) is 0 Å². The second kappa shape index (κ2) is 7.36. The maximum absolute atomic E-state index is 11.6. The van der Waals surface area contributed by atoms with E-state index in [0.29, 0.717) is 6.61 Å². The highest BCUT2D eigenvalue weighted by Crippen LogP contribution is 2.28. The van der Waals surface area contributed by atoms with Crippen molar-refractivity contribution in [1.82, 2.24) is 0 Å². The highest BCUT2D eigenvalue weighted by Gasteiger charge is 2.28. The minimum atomic E-state index is -0.207. The van der Waals surface area contributed by atoms with Crippen LogP contribution < -0.4 is 0 Å². The molecule has 0 saturated heterocycles. The van der Waals surface area contributed by atoms with Crippen LogP contribution in [0.3, 0.4) is 0 Å². The van der Waals surface area contributed by atoms with Gasteiger partial charge in [0.25, 0.3) is 0 Å². The van der Waals surface area contributed by atoms with Gasteiger partial charge < -0.3 is 9.47 Å². The molecule has 0 spiro atoms. The number of unbranched alkanes of at least 4 members (excludes halogenated alkanes) is 3. The molecule has 0 aliphatic carbocycles. The smallest absolute Gasteiger partial charge is 0.337 e. The zero-order valence-corrected chi connectivity index (χ0v) is 11.3. The molecule has 0 radical (unpaired) electrons. The Balaban J connectivity index is 2.31. The third-order valence-electron chi connectivity index (χ3n) is 3.10. The van der Waals surface area contributed by atoms with Gasteiger partial charge in [-0.3, -0.25) is 0 Å². The summed E-state index contributed by atoms with van der Waals surface area (Å²) in [6.07, 6.45) is 6.91. The molecule has 98 valence electrons. The van der Waals surface area contributed by atoms with E-state index in [1.54, 1.807) is 0 Å². The van der Waals surface area contributed by atoms with Crippen molar-refractivity contribution in [2.75, 3.05) is 6.61 Å². The summed E-state index contributed by atoms with van der Waals surface area (Å²) in [6, 6.07) is 0. The summed E-state index contributed by atoms with van der Waals surface area (Å²) in [5, 5.41) is 0. The van der Waals surface area contributed by atoms with E-state index >= 15 is 0 Å². The van der Waals surface area contributed by atoms with Gasteiger partial charge >= 0.3 is 5.97 Å². The van der Waals surface area contributed by atoms with Gasteiger partial charge in [-0.1, -0.05) is 26.2 Å². The number of ether oxygens (including phenoxy) is 2. The van der Waals surface area contributed by atoms with E-state index in [2.05, 4.69) is 6.92 Å². The summed E-state index contributed by atoms with van der Waals surface area (Å²) in [6.45, 7) is 6.32. The second-order valence-corrected chi connectivity index (χ2v) is 4.55. The quantitative estimate of drug-likeness (QED) is 0.504. The monoisotopic (exact) mass is 240 g/mol. The Labute approximate surface area is 104 Å². The van der Waals surface area contributed by atoms with Crippen molar-refractivity contribution in [2.24, 2.45) is 0 Å². The molecule has 1 rings (SSSR count). The third-order valence-corrected chi connectivity index (χ3v) is 3.10. The lowest BCUT2D eigenvalue weighted by molar-refractivity contribution is -0.138. The average Bonchev–Trinajstić information content (AvgIpc) is 2.66.